The van der Waals surface area contributed by atoms with Crippen LogP contribution in [0.4, 0.5) is 5.82 Å². The number of carboxylic acids is 1. The fourth-order valence-electron chi connectivity index (χ4n) is 9.99. The molecule has 29 nitrogen and oxygen atoms in total. The van der Waals surface area contributed by atoms with Crippen LogP contribution >= 0.6 is 69.6 Å². The summed E-state index contributed by atoms with van der Waals surface area (Å²) in [6.07, 6.45) is 0. The molecule has 0 atom stereocenters. The predicted molar refractivity (Wildman–Crippen MR) is 372 cm³/mol. The van der Waals surface area contributed by atoms with Gasteiger partial charge >= 0.3 is 29.8 Å². The molecular formula is C65H58Cl6N18O11. The van der Waals surface area contributed by atoms with Crippen LogP contribution in [0.3, 0.4) is 0 Å². The van der Waals surface area contributed by atoms with Gasteiger partial charge in [-0.1, -0.05) is 106 Å². The van der Waals surface area contributed by atoms with E-state index in [1.807, 2.05) is 37.3 Å². The molecule has 0 fully saturated rings. The SMILES string of the molecule is CCOC(=O)c1c(C(=O)OC(C)(C)C)nnc2c(-c3ccc(Cl)c(Cl)c3)c(C)nn12.CCOC(=O)c1nnc2c(-c3ccc(Cl)cc3)c(C)nn2c1C(=O)OCC.Cc1nn2c(C)c(C(N)=O)nnc2c1-c1ccc(Cl)c(Cl)c1.Cc1nn2c(N)c(C(=O)O)nnc2c1-c1ccc(Cl)cc1. The minimum atomic E-state index is -1.25. The number of primary amides is 1. The van der Waals surface area contributed by atoms with Crippen molar-refractivity contribution in [1.29, 1.82) is 0 Å². The first kappa shape index (κ1) is 73.7. The van der Waals surface area contributed by atoms with Crippen molar-refractivity contribution in [2.45, 2.75) is 81.8 Å². The summed E-state index contributed by atoms with van der Waals surface area (Å²) >= 11 is 36.0. The quantitative estimate of drug-likeness (QED) is 0.0713. The van der Waals surface area contributed by atoms with Gasteiger partial charge in [0.05, 0.1) is 90.6 Å². The number of aromatic carboxylic acids is 1. The molecule has 8 aromatic heterocycles. The van der Waals surface area contributed by atoms with E-state index in [4.69, 9.17) is 105 Å². The number of nitrogens with two attached hydrogens (primary N) is 2. The van der Waals surface area contributed by atoms with Crippen LogP contribution in [0, 0.1) is 34.6 Å². The number of hydrogen-bond acceptors (Lipinski definition) is 23. The average Bonchev–Trinajstić information content (AvgIpc) is 1.61. The highest BCUT2D eigenvalue weighted by atomic mass is 35.5. The third-order valence-corrected chi connectivity index (χ3v) is 16.2. The van der Waals surface area contributed by atoms with E-state index in [1.165, 1.54) is 13.5 Å². The number of nitrogens with zero attached hydrogens (tertiary/aromatic N) is 16. The molecule has 12 aromatic rings. The largest absolute Gasteiger partial charge is 0.476 e. The number of carboxylic acid groups (broad SMARTS) is 1. The lowest BCUT2D eigenvalue weighted by Gasteiger charge is -2.19. The van der Waals surface area contributed by atoms with Crippen LogP contribution < -0.4 is 11.5 Å². The summed E-state index contributed by atoms with van der Waals surface area (Å²) in [5.41, 5.74) is 19.8. The van der Waals surface area contributed by atoms with Gasteiger partial charge in [0.25, 0.3) is 5.91 Å². The van der Waals surface area contributed by atoms with Crippen molar-refractivity contribution in [3.05, 3.63) is 178 Å². The molecule has 5 N–H and O–H groups in total. The lowest BCUT2D eigenvalue weighted by atomic mass is 10.1. The maximum Gasteiger partial charge on any atom is 0.361 e. The van der Waals surface area contributed by atoms with Crippen molar-refractivity contribution in [3.63, 3.8) is 0 Å². The second-order valence-corrected chi connectivity index (χ2v) is 24.8. The molecule has 8 heterocycles. The second-order valence-electron chi connectivity index (χ2n) is 22.2. The van der Waals surface area contributed by atoms with Crippen molar-refractivity contribution in [3.8, 4) is 44.5 Å². The number of amides is 1. The molecule has 0 bridgehead atoms. The van der Waals surface area contributed by atoms with Gasteiger partial charge in [-0.15, -0.1) is 40.8 Å². The smallest absolute Gasteiger partial charge is 0.361 e. The lowest BCUT2D eigenvalue weighted by Crippen LogP contribution is -2.28. The number of carbonyl (C=O) groups excluding carboxylic acids is 5. The molecule has 100 heavy (non-hydrogen) atoms. The maximum atomic E-state index is 12.7. The Balaban J connectivity index is 0.000000157. The Bertz CT molecular complexity index is 5230. The average molecular weight is 1480 g/mol. The zero-order valence-corrected chi connectivity index (χ0v) is 59.3. The zero-order chi connectivity index (χ0) is 72.9. The van der Waals surface area contributed by atoms with Crippen molar-refractivity contribution in [2.24, 2.45) is 5.73 Å². The van der Waals surface area contributed by atoms with Crippen LogP contribution in [0.2, 0.25) is 30.1 Å². The molecular weight excluding hydrogens is 1420 g/mol. The predicted octanol–water partition coefficient (Wildman–Crippen LogP) is 12.5. The van der Waals surface area contributed by atoms with Crippen molar-refractivity contribution >= 4 is 134 Å². The molecule has 0 aliphatic rings. The van der Waals surface area contributed by atoms with E-state index >= 15 is 0 Å². The van der Waals surface area contributed by atoms with E-state index in [0.717, 1.165) is 33.5 Å². The number of nitrogen functional groups attached to an aromatic ring is 1. The van der Waals surface area contributed by atoms with Gasteiger partial charge in [-0.3, -0.25) is 4.79 Å². The number of aryl methyl sites for hydroxylation is 5. The minimum absolute atomic E-state index is 0.0594. The molecule has 35 heteroatoms. The number of benzene rings is 4. The lowest BCUT2D eigenvalue weighted by molar-refractivity contribution is 0.00537. The summed E-state index contributed by atoms with van der Waals surface area (Å²) in [6, 6.07) is 24.6. The molecule has 12 rings (SSSR count). The van der Waals surface area contributed by atoms with E-state index in [2.05, 4.69) is 61.2 Å². The zero-order valence-electron chi connectivity index (χ0n) is 54.8. The van der Waals surface area contributed by atoms with Gasteiger partial charge in [0.1, 0.15) is 5.60 Å². The Hall–Kier alpha value is -10.6. The van der Waals surface area contributed by atoms with Gasteiger partial charge in [-0.2, -0.15) is 24.9 Å². The molecule has 0 spiro atoms. The van der Waals surface area contributed by atoms with Crippen LogP contribution in [-0.4, -0.2) is 146 Å². The van der Waals surface area contributed by atoms with Crippen LogP contribution in [0.1, 0.15) is 133 Å². The first-order valence-electron chi connectivity index (χ1n) is 29.9. The van der Waals surface area contributed by atoms with Crippen LogP contribution in [0.25, 0.3) is 67.1 Å². The molecule has 0 aliphatic carbocycles. The molecule has 516 valence electrons. The van der Waals surface area contributed by atoms with Crippen molar-refractivity contribution in [1.82, 2.24) is 79.2 Å². The van der Waals surface area contributed by atoms with E-state index in [-0.39, 0.29) is 65.4 Å². The molecule has 0 unspecified atom stereocenters. The number of aromatic nitrogens is 16. The summed E-state index contributed by atoms with van der Waals surface area (Å²) < 4.78 is 25.9. The fourth-order valence-corrected chi connectivity index (χ4v) is 10.8. The standard InChI is InChI=1S/C20H20Cl2N4O4.C18H17ClN4O4.C14H11Cl2N5O.C13H10ClN5O2/c1-6-29-19(28)16-15(18(27)30-20(3,4)5)23-24-17-14(10(2)25-26(16)17)11-7-8-12(21)13(22)9-11;1-4-26-17(24)14-15(18(25)27-5-2)23-16(21-20-14)13(10(3)22-23)11-6-8-12(19)9-7-11;1-6-11(8-3-4-9(15)10(16)5-8)14-19-18-12(13(17)22)7(2)21(14)20-6;1-6-9(7-2-4-8(14)5-3-7)12-17-16-10(13(20)21)11(15)19(12)18-6/h7-9H,6H2,1-5H3;6-9H,4-5H2,1-3H3;3-5H,1-2H3,(H2,17,22);2-5H,15H2,1H3,(H,20,21). The highest BCUT2D eigenvalue weighted by molar-refractivity contribution is 6.42. The number of hydrogen-bond donors (Lipinski definition) is 3. The number of fused-ring (bicyclic) bond motifs is 4. The van der Waals surface area contributed by atoms with Gasteiger partial charge in [-0.05, 0) is 147 Å². The van der Waals surface area contributed by atoms with Gasteiger partial charge in [0.15, 0.2) is 45.5 Å². The van der Waals surface area contributed by atoms with E-state index in [0.29, 0.717) is 86.5 Å². The maximum absolute atomic E-state index is 12.7. The number of esters is 4. The monoisotopic (exact) mass is 1480 g/mol. The third-order valence-electron chi connectivity index (χ3n) is 14.2. The van der Waals surface area contributed by atoms with Crippen LogP contribution in [0.15, 0.2) is 84.9 Å². The highest BCUT2D eigenvalue weighted by Gasteiger charge is 2.33. The number of carbonyl (C=O) groups is 6. The Morgan fingerprint density at radius 2 is 0.760 bits per heavy atom. The first-order chi connectivity index (χ1) is 47.4. The fraction of sp³-hybridized carbons (Fsp3) is 0.231. The molecule has 4 aromatic carbocycles. The van der Waals surface area contributed by atoms with Gasteiger partial charge in [-0.25, -0.2) is 37.5 Å². The van der Waals surface area contributed by atoms with Crippen molar-refractivity contribution in [2.75, 3.05) is 25.6 Å². The Labute approximate surface area is 597 Å². The number of ether oxygens (including phenoxy) is 4. The van der Waals surface area contributed by atoms with E-state index < -0.39 is 41.4 Å². The highest BCUT2D eigenvalue weighted by Crippen LogP contribution is 2.36. The Morgan fingerprint density at radius 3 is 1.14 bits per heavy atom. The summed E-state index contributed by atoms with van der Waals surface area (Å²) in [5, 5.41) is 61.1. The summed E-state index contributed by atoms with van der Waals surface area (Å²) in [4.78, 5) is 72.5. The van der Waals surface area contributed by atoms with E-state index in [1.54, 1.807) is 128 Å². The normalized spacial score (nSPS) is 11.1. The second kappa shape index (κ2) is 30.7. The Kier molecular flexibility index (Phi) is 22.6. The third kappa shape index (κ3) is 15.5. The van der Waals surface area contributed by atoms with Crippen LogP contribution in [0.5, 0.6) is 0 Å². The minimum Gasteiger partial charge on any atom is -0.476 e. The number of halogens is 6. The van der Waals surface area contributed by atoms with Crippen LogP contribution in [-0.2, 0) is 18.9 Å². The number of rotatable bonds is 13. The van der Waals surface area contributed by atoms with Crippen molar-refractivity contribution < 1.29 is 52.8 Å². The summed E-state index contributed by atoms with van der Waals surface area (Å²) in [6.45, 7) is 19.4. The van der Waals surface area contributed by atoms with E-state index in [9.17, 15) is 28.8 Å². The molecule has 0 saturated heterocycles. The number of anilines is 1. The summed E-state index contributed by atoms with van der Waals surface area (Å²) in [7, 11) is 0. The molecule has 1 amide bonds. The van der Waals surface area contributed by atoms with Gasteiger partial charge in [0, 0.05) is 10.0 Å². The molecule has 0 radical (unpaired) electrons. The summed E-state index contributed by atoms with van der Waals surface area (Å²) in [5.74, 6) is -5.01. The van der Waals surface area contributed by atoms with Gasteiger partial charge in [0.2, 0.25) is 17.1 Å². The first-order valence-corrected chi connectivity index (χ1v) is 32.1. The Morgan fingerprint density at radius 1 is 0.430 bits per heavy atom. The molecule has 0 aliphatic heterocycles. The molecule has 0 saturated carbocycles. The van der Waals surface area contributed by atoms with Gasteiger partial charge < -0.3 is 35.5 Å². The topological polar surface area (TPSA) is 384 Å².